The molecule has 4 rings (SSSR count). The monoisotopic (exact) mass is 374 g/mol. The maximum Gasteiger partial charge on any atom is 0.418 e. The number of hydrogen-bond donors (Lipinski definition) is 2. The minimum Gasteiger partial charge on any atom is -0.325 e. The van der Waals surface area contributed by atoms with Crippen LogP contribution in [0.2, 0.25) is 0 Å². The van der Waals surface area contributed by atoms with E-state index in [4.69, 9.17) is 0 Å². The maximum atomic E-state index is 13.1. The average molecular weight is 374 g/mol. The Bertz CT molecular complexity index is 1060. The Hall–Kier alpha value is -3.36. The molecule has 2 aromatic carbocycles. The molecule has 0 spiro atoms. The number of rotatable bonds is 3. The molecule has 0 radical (unpaired) electrons. The number of halogens is 3. The molecule has 3 aromatic rings. The van der Waals surface area contributed by atoms with Gasteiger partial charge >= 0.3 is 6.18 Å². The molecule has 1 aromatic heterocycles. The normalized spacial score (nSPS) is 16.3. The molecule has 0 fully saturated rings. The molecular weight excluding hydrogens is 361 g/mol. The third-order valence-electron chi connectivity index (χ3n) is 4.33. The molecule has 1 aliphatic rings. The topological polar surface area (TPSA) is 76.0 Å². The number of carbonyl (C=O) groups excluding carboxylic acids is 2. The van der Waals surface area contributed by atoms with Gasteiger partial charge in [0.1, 0.15) is 6.04 Å². The van der Waals surface area contributed by atoms with Crippen LogP contribution in [0.15, 0.2) is 48.5 Å². The number of carbonyl (C=O) groups is 2. The van der Waals surface area contributed by atoms with Gasteiger partial charge in [-0.05, 0) is 24.3 Å². The molecule has 2 heterocycles. The van der Waals surface area contributed by atoms with Crippen LogP contribution in [0.25, 0.3) is 11.0 Å². The first-order chi connectivity index (χ1) is 12.8. The lowest BCUT2D eigenvalue weighted by Crippen LogP contribution is -2.24. The number of hydrogen-bond acceptors (Lipinski definition) is 3. The second-order valence-corrected chi connectivity index (χ2v) is 6.09. The molecule has 0 saturated carbocycles. The van der Waals surface area contributed by atoms with Gasteiger partial charge in [-0.1, -0.05) is 24.3 Å². The van der Waals surface area contributed by atoms with Gasteiger partial charge in [0.2, 0.25) is 17.8 Å². The van der Waals surface area contributed by atoms with Crippen molar-refractivity contribution in [3.8, 4) is 0 Å². The van der Waals surface area contributed by atoms with Crippen molar-refractivity contribution < 1.29 is 22.8 Å². The zero-order chi connectivity index (χ0) is 19.2. The number of nitrogens with one attached hydrogen (secondary N) is 2. The van der Waals surface area contributed by atoms with E-state index in [1.807, 2.05) is 0 Å². The summed E-state index contributed by atoms with van der Waals surface area (Å²) < 4.78 is 40.8. The van der Waals surface area contributed by atoms with Crippen molar-refractivity contribution >= 4 is 34.5 Å². The van der Waals surface area contributed by atoms with Crippen molar-refractivity contribution in [2.75, 3.05) is 10.6 Å². The zero-order valence-electron chi connectivity index (χ0n) is 13.7. The first kappa shape index (κ1) is 17.1. The molecule has 1 aliphatic heterocycles. The number of anilines is 2. The van der Waals surface area contributed by atoms with E-state index in [2.05, 4.69) is 15.6 Å². The number of alkyl halides is 3. The lowest BCUT2D eigenvalue weighted by Gasteiger charge is -2.15. The van der Waals surface area contributed by atoms with E-state index in [1.165, 1.54) is 18.2 Å². The average Bonchev–Trinajstić information content (AvgIpc) is 3.10. The van der Waals surface area contributed by atoms with Gasteiger partial charge in [0.05, 0.1) is 28.7 Å². The third-order valence-corrected chi connectivity index (χ3v) is 4.33. The summed E-state index contributed by atoms with van der Waals surface area (Å²) in [5.74, 6) is -0.810. The van der Waals surface area contributed by atoms with Crippen molar-refractivity contribution in [1.82, 2.24) is 9.55 Å². The van der Waals surface area contributed by atoms with Crippen LogP contribution in [0.5, 0.6) is 0 Å². The standard InChI is InChI=1S/C18H13F3N4O2/c19-18(20,21)10-5-1-2-6-11(10)22-15(26)9-14-16(27)24-17-23-12-7-3-4-8-13(12)25(14)17/h1-8,14H,9H2,(H,22,26)(H,23,24,27)/t14-/m0/s1. The summed E-state index contributed by atoms with van der Waals surface area (Å²) in [7, 11) is 0. The smallest absolute Gasteiger partial charge is 0.325 e. The lowest BCUT2D eigenvalue weighted by atomic mass is 10.1. The van der Waals surface area contributed by atoms with Gasteiger partial charge in [0.25, 0.3) is 0 Å². The molecule has 27 heavy (non-hydrogen) atoms. The molecule has 9 heteroatoms. The van der Waals surface area contributed by atoms with Gasteiger partial charge in [-0.3, -0.25) is 19.5 Å². The molecule has 0 unspecified atom stereocenters. The summed E-state index contributed by atoms with van der Waals surface area (Å²) in [4.78, 5) is 28.9. The van der Waals surface area contributed by atoms with Crippen molar-refractivity contribution in [2.24, 2.45) is 0 Å². The van der Waals surface area contributed by atoms with Crippen LogP contribution in [-0.4, -0.2) is 21.4 Å². The Morgan fingerprint density at radius 3 is 2.63 bits per heavy atom. The van der Waals surface area contributed by atoms with Gasteiger partial charge in [0, 0.05) is 0 Å². The minimum atomic E-state index is -4.59. The lowest BCUT2D eigenvalue weighted by molar-refractivity contribution is -0.137. The predicted octanol–water partition coefficient (Wildman–Crippen LogP) is 3.58. The fraction of sp³-hybridized carbons (Fsp3) is 0.167. The van der Waals surface area contributed by atoms with Crippen LogP contribution in [0.4, 0.5) is 24.8 Å². The van der Waals surface area contributed by atoms with E-state index in [1.54, 1.807) is 28.8 Å². The highest BCUT2D eigenvalue weighted by molar-refractivity contribution is 6.03. The molecule has 2 N–H and O–H groups in total. The van der Waals surface area contributed by atoms with Crippen LogP contribution in [0, 0.1) is 0 Å². The fourth-order valence-electron chi connectivity index (χ4n) is 3.16. The summed E-state index contributed by atoms with van der Waals surface area (Å²) in [6.07, 6.45) is -4.91. The number of benzene rings is 2. The largest absolute Gasteiger partial charge is 0.418 e. The van der Waals surface area contributed by atoms with Crippen LogP contribution in [-0.2, 0) is 15.8 Å². The van der Waals surface area contributed by atoms with Crippen molar-refractivity contribution in [1.29, 1.82) is 0 Å². The van der Waals surface area contributed by atoms with E-state index in [0.29, 0.717) is 17.0 Å². The van der Waals surface area contributed by atoms with Crippen LogP contribution >= 0.6 is 0 Å². The van der Waals surface area contributed by atoms with Gasteiger partial charge in [0.15, 0.2) is 0 Å². The van der Waals surface area contributed by atoms with E-state index in [0.717, 1.165) is 6.07 Å². The summed E-state index contributed by atoms with van der Waals surface area (Å²) in [6, 6.07) is 10.9. The maximum absolute atomic E-state index is 13.1. The molecule has 0 bridgehead atoms. The minimum absolute atomic E-state index is 0.314. The van der Waals surface area contributed by atoms with Gasteiger partial charge in [-0.15, -0.1) is 0 Å². The van der Waals surface area contributed by atoms with Crippen molar-refractivity contribution in [2.45, 2.75) is 18.6 Å². The van der Waals surface area contributed by atoms with Crippen molar-refractivity contribution in [3.05, 3.63) is 54.1 Å². The molecule has 1 atom stereocenters. The zero-order valence-corrected chi connectivity index (χ0v) is 13.7. The Labute approximate surface area is 151 Å². The number of para-hydroxylation sites is 3. The number of amides is 2. The molecule has 2 amide bonds. The first-order valence-corrected chi connectivity index (χ1v) is 8.08. The Kier molecular flexibility index (Phi) is 3.87. The molecule has 0 saturated heterocycles. The van der Waals surface area contributed by atoms with Crippen LogP contribution < -0.4 is 10.6 Å². The SMILES string of the molecule is O=C(C[C@H]1C(=O)Nc2nc3ccccc3n21)Nc1ccccc1C(F)(F)F. The molecule has 138 valence electrons. The van der Waals surface area contributed by atoms with Crippen LogP contribution in [0.3, 0.4) is 0 Å². The van der Waals surface area contributed by atoms with Gasteiger partial charge in [-0.25, -0.2) is 4.98 Å². The summed E-state index contributed by atoms with van der Waals surface area (Å²) >= 11 is 0. The van der Waals surface area contributed by atoms with E-state index in [9.17, 15) is 22.8 Å². The third kappa shape index (κ3) is 3.01. The summed E-state index contributed by atoms with van der Waals surface area (Å²) in [5, 5.41) is 4.86. The van der Waals surface area contributed by atoms with E-state index >= 15 is 0 Å². The fourth-order valence-corrected chi connectivity index (χ4v) is 3.16. The molecule has 0 aliphatic carbocycles. The quantitative estimate of drug-likeness (QED) is 0.736. The predicted molar refractivity (Wildman–Crippen MR) is 92.1 cm³/mol. The Morgan fingerprint density at radius 1 is 1.15 bits per heavy atom. The van der Waals surface area contributed by atoms with E-state index in [-0.39, 0.29) is 12.1 Å². The second kappa shape index (κ2) is 6.11. The molecular formula is C18H13F3N4O2. The number of fused-ring (bicyclic) bond motifs is 3. The Morgan fingerprint density at radius 2 is 1.85 bits per heavy atom. The highest BCUT2D eigenvalue weighted by Gasteiger charge is 2.36. The highest BCUT2D eigenvalue weighted by Crippen LogP contribution is 2.35. The van der Waals surface area contributed by atoms with Crippen LogP contribution in [0.1, 0.15) is 18.0 Å². The number of nitrogens with zero attached hydrogens (tertiary/aromatic N) is 2. The molecule has 6 nitrogen and oxygen atoms in total. The number of aromatic nitrogens is 2. The number of imidazole rings is 1. The first-order valence-electron chi connectivity index (χ1n) is 8.08. The van der Waals surface area contributed by atoms with Gasteiger partial charge in [-0.2, -0.15) is 13.2 Å². The highest BCUT2D eigenvalue weighted by atomic mass is 19.4. The Balaban J connectivity index is 1.59. The second-order valence-electron chi connectivity index (χ2n) is 6.09. The van der Waals surface area contributed by atoms with E-state index < -0.39 is 29.6 Å². The summed E-state index contributed by atoms with van der Waals surface area (Å²) in [5.41, 5.74) is 0.0341. The van der Waals surface area contributed by atoms with Gasteiger partial charge < -0.3 is 5.32 Å². The summed E-state index contributed by atoms with van der Waals surface area (Å²) in [6.45, 7) is 0. The van der Waals surface area contributed by atoms with Crippen molar-refractivity contribution in [3.63, 3.8) is 0 Å².